The molecular formula is C12H10F3N3O2S. The Labute approximate surface area is 121 Å². The Balaban J connectivity index is 2.24. The maximum Gasteiger partial charge on any atom is 0.446 e. The molecule has 0 spiro atoms. The first kappa shape index (κ1) is 15.4. The molecule has 0 atom stereocenters. The predicted octanol–water partition coefficient (Wildman–Crippen LogP) is 3.26. The summed E-state index contributed by atoms with van der Waals surface area (Å²) in [7, 11) is 0. The lowest BCUT2D eigenvalue weighted by molar-refractivity contribution is -0.0328. The van der Waals surface area contributed by atoms with E-state index in [0.29, 0.717) is 5.56 Å². The number of benzene rings is 1. The number of carbonyl (C=O) groups is 1. The van der Waals surface area contributed by atoms with E-state index in [1.165, 1.54) is 24.3 Å². The standard InChI is InChI=1S/C12H10F3N3O2S/c1-2-20-11(19)10-9(16-18-17-10)7-3-5-8(6-4-7)21-12(13,14)15/h3-6H,2H2,1H3,(H,16,17,18). The van der Waals surface area contributed by atoms with Crippen molar-refractivity contribution in [2.45, 2.75) is 17.3 Å². The quantitative estimate of drug-likeness (QED) is 0.692. The van der Waals surface area contributed by atoms with Crippen LogP contribution >= 0.6 is 11.8 Å². The summed E-state index contributed by atoms with van der Waals surface area (Å²) < 4.78 is 41.6. The lowest BCUT2D eigenvalue weighted by Crippen LogP contribution is -2.06. The lowest BCUT2D eigenvalue weighted by Gasteiger charge is -2.06. The van der Waals surface area contributed by atoms with Crippen LogP contribution in [-0.2, 0) is 4.74 Å². The average molecular weight is 317 g/mol. The maximum absolute atomic E-state index is 12.2. The summed E-state index contributed by atoms with van der Waals surface area (Å²) in [5.41, 5.74) is -3.64. The molecule has 0 aliphatic carbocycles. The molecule has 0 radical (unpaired) electrons. The number of rotatable bonds is 4. The second kappa shape index (κ2) is 6.17. The Morgan fingerprint density at radius 3 is 2.52 bits per heavy atom. The molecule has 2 aromatic rings. The number of H-pyrrole nitrogens is 1. The van der Waals surface area contributed by atoms with Crippen molar-refractivity contribution >= 4 is 17.7 Å². The molecule has 9 heteroatoms. The van der Waals surface area contributed by atoms with Gasteiger partial charge in [-0.1, -0.05) is 12.1 Å². The number of hydrogen-bond acceptors (Lipinski definition) is 5. The minimum Gasteiger partial charge on any atom is -0.461 e. The highest BCUT2D eigenvalue weighted by molar-refractivity contribution is 8.00. The number of ether oxygens (including phenoxy) is 1. The van der Waals surface area contributed by atoms with Crippen molar-refractivity contribution in [3.63, 3.8) is 0 Å². The number of halogens is 3. The zero-order valence-corrected chi connectivity index (χ0v) is 11.6. The van der Waals surface area contributed by atoms with E-state index in [9.17, 15) is 18.0 Å². The number of esters is 1. The number of alkyl halides is 3. The fraction of sp³-hybridized carbons (Fsp3) is 0.250. The smallest absolute Gasteiger partial charge is 0.446 e. The summed E-state index contributed by atoms with van der Waals surface area (Å²) in [4.78, 5) is 11.7. The monoisotopic (exact) mass is 317 g/mol. The highest BCUT2D eigenvalue weighted by atomic mass is 32.2. The van der Waals surface area contributed by atoms with Gasteiger partial charge in [-0.25, -0.2) is 4.79 Å². The Hall–Kier alpha value is -2.03. The first-order valence-electron chi connectivity index (χ1n) is 5.85. The van der Waals surface area contributed by atoms with Gasteiger partial charge >= 0.3 is 11.5 Å². The summed E-state index contributed by atoms with van der Waals surface area (Å²) in [5, 5.41) is 9.83. The summed E-state index contributed by atoms with van der Waals surface area (Å²) in [6.07, 6.45) is 0. The van der Waals surface area contributed by atoms with Gasteiger partial charge in [0.05, 0.1) is 6.61 Å². The van der Waals surface area contributed by atoms with E-state index in [1.807, 2.05) is 0 Å². The van der Waals surface area contributed by atoms with E-state index in [1.54, 1.807) is 6.92 Å². The van der Waals surface area contributed by atoms with Crippen molar-refractivity contribution < 1.29 is 22.7 Å². The largest absolute Gasteiger partial charge is 0.461 e. The van der Waals surface area contributed by atoms with Crippen LogP contribution < -0.4 is 0 Å². The summed E-state index contributed by atoms with van der Waals surface area (Å²) in [6, 6.07) is 5.48. The van der Waals surface area contributed by atoms with Crippen LogP contribution in [0.2, 0.25) is 0 Å². The first-order chi connectivity index (χ1) is 9.90. The van der Waals surface area contributed by atoms with E-state index >= 15 is 0 Å². The highest BCUT2D eigenvalue weighted by Gasteiger charge is 2.29. The van der Waals surface area contributed by atoms with Crippen molar-refractivity contribution in [2.75, 3.05) is 6.61 Å². The molecule has 1 N–H and O–H groups in total. The molecule has 0 amide bonds. The maximum atomic E-state index is 12.2. The van der Waals surface area contributed by atoms with E-state index in [2.05, 4.69) is 15.4 Å². The van der Waals surface area contributed by atoms with E-state index in [-0.39, 0.29) is 34.7 Å². The van der Waals surface area contributed by atoms with Gasteiger partial charge in [-0.05, 0) is 30.8 Å². The van der Waals surface area contributed by atoms with Gasteiger partial charge in [0.1, 0.15) is 5.69 Å². The molecule has 1 heterocycles. The third kappa shape index (κ3) is 3.97. The SMILES string of the molecule is CCOC(=O)c1n[nH]nc1-c1ccc(SC(F)(F)F)cc1. The van der Waals surface area contributed by atoms with Crippen LogP contribution in [-0.4, -0.2) is 33.5 Å². The zero-order valence-electron chi connectivity index (χ0n) is 10.8. The van der Waals surface area contributed by atoms with E-state index in [4.69, 9.17) is 4.74 Å². The van der Waals surface area contributed by atoms with Crippen LogP contribution in [0.4, 0.5) is 13.2 Å². The Kier molecular flexibility index (Phi) is 4.51. The van der Waals surface area contributed by atoms with Crippen molar-refractivity contribution in [3.05, 3.63) is 30.0 Å². The van der Waals surface area contributed by atoms with Gasteiger partial charge in [-0.15, -0.1) is 5.10 Å². The number of nitrogens with one attached hydrogen (secondary N) is 1. The minimum atomic E-state index is -4.34. The number of carbonyl (C=O) groups excluding carboxylic acids is 1. The molecule has 0 bridgehead atoms. The van der Waals surface area contributed by atoms with Gasteiger partial charge in [0.15, 0.2) is 5.69 Å². The zero-order chi connectivity index (χ0) is 15.5. The van der Waals surface area contributed by atoms with Crippen molar-refractivity contribution in [2.24, 2.45) is 0 Å². The second-order valence-electron chi connectivity index (χ2n) is 3.81. The molecule has 2 rings (SSSR count). The number of aromatic amines is 1. The molecule has 21 heavy (non-hydrogen) atoms. The molecule has 0 fully saturated rings. The Morgan fingerprint density at radius 1 is 1.29 bits per heavy atom. The Morgan fingerprint density at radius 2 is 1.95 bits per heavy atom. The van der Waals surface area contributed by atoms with Crippen LogP contribution in [0, 0.1) is 0 Å². The molecule has 0 aliphatic rings. The topological polar surface area (TPSA) is 67.9 Å². The van der Waals surface area contributed by atoms with Crippen LogP contribution in [0.25, 0.3) is 11.3 Å². The average Bonchev–Trinajstić information content (AvgIpc) is 2.87. The first-order valence-corrected chi connectivity index (χ1v) is 6.66. The van der Waals surface area contributed by atoms with Crippen molar-refractivity contribution in [1.82, 2.24) is 15.4 Å². The van der Waals surface area contributed by atoms with Gasteiger partial charge in [0.2, 0.25) is 0 Å². The van der Waals surface area contributed by atoms with Crippen LogP contribution in [0.3, 0.4) is 0 Å². The third-order valence-corrected chi connectivity index (χ3v) is 3.12. The molecule has 0 saturated heterocycles. The molecule has 112 valence electrons. The molecule has 0 aliphatic heterocycles. The number of thioether (sulfide) groups is 1. The molecule has 1 aromatic heterocycles. The lowest BCUT2D eigenvalue weighted by atomic mass is 10.1. The summed E-state index contributed by atoms with van der Waals surface area (Å²) in [5.74, 6) is -0.644. The van der Waals surface area contributed by atoms with Gasteiger partial charge in [0, 0.05) is 10.5 Å². The van der Waals surface area contributed by atoms with Gasteiger partial charge in [-0.3, -0.25) is 0 Å². The van der Waals surface area contributed by atoms with E-state index < -0.39 is 11.5 Å². The normalized spacial score (nSPS) is 11.4. The molecule has 0 unspecified atom stereocenters. The van der Waals surface area contributed by atoms with Gasteiger partial charge in [-0.2, -0.15) is 23.5 Å². The number of nitrogens with zero attached hydrogens (tertiary/aromatic N) is 2. The number of hydrogen-bond donors (Lipinski definition) is 1. The number of aromatic nitrogens is 3. The summed E-state index contributed by atoms with van der Waals surface area (Å²) in [6.45, 7) is 1.84. The van der Waals surface area contributed by atoms with Crippen molar-refractivity contribution in [3.8, 4) is 11.3 Å². The molecule has 1 aromatic carbocycles. The third-order valence-electron chi connectivity index (χ3n) is 2.38. The van der Waals surface area contributed by atoms with Crippen LogP contribution in [0.15, 0.2) is 29.2 Å². The van der Waals surface area contributed by atoms with Crippen LogP contribution in [0.5, 0.6) is 0 Å². The van der Waals surface area contributed by atoms with Crippen molar-refractivity contribution in [1.29, 1.82) is 0 Å². The summed E-state index contributed by atoms with van der Waals surface area (Å²) >= 11 is -0.210. The predicted molar refractivity (Wildman–Crippen MR) is 69.7 cm³/mol. The second-order valence-corrected chi connectivity index (χ2v) is 4.95. The minimum absolute atomic E-state index is 0.00641. The molecular weight excluding hydrogens is 307 g/mol. The molecule has 5 nitrogen and oxygen atoms in total. The fourth-order valence-corrected chi connectivity index (χ4v) is 2.13. The van der Waals surface area contributed by atoms with Gasteiger partial charge < -0.3 is 4.74 Å². The van der Waals surface area contributed by atoms with Crippen LogP contribution in [0.1, 0.15) is 17.4 Å². The molecule has 0 saturated carbocycles. The fourth-order valence-electron chi connectivity index (χ4n) is 1.59. The van der Waals surface area contributed by atoms with Gasteiger partial charge in [0.25, 0.3) is 0 Å². The van der Waals surface area contributed by atoms with E-state index in [0.717, 1.165) is 0 Å². The highest BCUT2D eigenvalue weighted by Crippen LogP contribution is 2.37. The Bertz CT molecular complexity index is 625.